The number of hydrogen-bond acceptors (Lipinski definition) is 4. The monoisotopic (exact) mass is 266 g/mol. The Kier molecular flexibility index (Phi) is 4.35. The first-order valence-electron chi connectivity index (χ1n) is 4.93. The Morgan fingerprint density at radius 1 is 1.62 bits per heavy atom. The molecule has 0 amide bonds. The Balaban J connectivity index is 2.91. The van der Waals surface area contributed by atoms with E-state index in [2.05, 4.69) is 5.10 Å². The molecular formula is C9H15ClN2O3S. The second-order valence-corrected chi connectivity index (χ2v) is 6.08. The van der Waals surface area contributed by atoms with Crippen LogP contribution in [0, 0.1) is 0 Å². The van der Waals surface area contributed by atoms with Gasteiger partial charge in [0, 0.05) is 17.7 Å². The van der Waals surface area contributed by atoms with E-state index in [1.54, 1.807) is 7.05 Å². The highest BCUT2D eigenvalue weighted by Crippen LogP contribution is 2.20. The SMILES string of the molecule is CC[C@H](C)OCc1c(S(=O)(=O)Cl)cnn1C. The van der Waals surface area contributed by atoms with Gasteiger partial charge in [-0.05, 0) is 13.3 Å². The van der Waals surface area contributed by atoms with E-state index in [9.17, 15) is 8.42 Å². The van der Waals surface area contributed by atoms with Gasteiger partial charge < -0.3 is 4.74 Å². The first-order chi connectivity index (χ1) is 7.36. The number of halogens is 1. The van der Waals surface area contributed by atoms with E-state index in [0.29, 0.717) is 5.69 Å². The molecule has 0 radical (unpaired) electrons. The zero-order chi connectivity index (χ0) is 12.3. The molecule has 1 aromatic heterocycles. The van der Waals surface area contributed by atoms with Gasteiger partial charge in [-0.3, -0.25) is 4.68 Å². The van der Waals surface area contributed by atoms with E-state index in [-0.39, 0.29) is 17.6 Å². The van der Waals surface area contributed by atoms with Crippen LogP contribution in [0.5, 0.6) is 0 Å². The predicted octanol–water partition coefficient (Wildman–Crippen LogP) is 1.66. The molecule has 0 saturated carbocycles. The maximum absolute atomic E-state index is 11.2. The Morgan fingerprint density at radius 2 is 2.25 bits per heavy atom. The molecule has 0 bridgehead atoms. The summed E-state index contributed by atoms with van der Waals surface area (Å²) in [6, 6.07) is 0. The lowest BCUT2D eigenvalue weighted by atomic mass is 10.3. The molecule has 0 spiro atoms. The molecule has 5 nitrogen and oxygen atoms in total. The second-order valence-electron chi connectivity index (χ2n) is 3.55. The van der Waals surface area contributed by atoms with Crippen LogP contribution in [0.25, 0.3) is 0 Å². The van der Waals surface area contributed by atoms with Crippen molar-refractivity contribution in [3.8, 4) is 0 Å². The van der Waals surface area contributed by atoms with Crippen molar-refractivity contribution in [2.45, 2.75) is 37.9 Å². The number of ether oxygens (including phenoxy) is 1. The smallest absolute Gasteiger partial charge is 0.264 e. The van der Waals surface area contributed by atoms with Gasteiger partial charge in [0.1, 0.15) is 4.90 Å². The third-order valence-corrected chi connectivity index (χ3v) is 3.73. The number of aromatic nitrogens is 2. The molecule has 1 rings (SSSR count). The van der Waals surface area contributed by atoms with Gasteiger partial charge in [0.15, 0.2) is 0 Å². The van der Waals surface area contributed by atoms with Crippen LogP contribution < -0.4 is 0 Å². The summed E-state index contributed by atoms with van der Waals surface area (Å²) in [5.74, 6) is 0. The third kappa shape index (κ3) is 3.20. The van der Waals surface area contributed by atoms with Gasteiger partial charge >= 0.3 is 0 Å². The highest BCUT2D eigenvalue weighted by molar-refractivity contribution is 8.13. The minimum absolute atomic E-state index is 0.0139. The minimum atomic E-state index is -3.76. The van der Waals surface area contributed by atoms with Gasteiger partial charge in [0.2, 0.25) is 0 Å². The van der Waals surface area contributed by atoms with Crippen LogP contribution in [-0.2, 0) is 27.4 Å². The lowest BCUT2D eigenvalue weighted by Gasteiger charge is -2.11. The molecule has 1 heterocycles. The number of nitrogens with zero attached hydrogens (tertiary/aromatic N) is 2. The van der Waals surface area contributed by atoms with E-state index < -0.39 is 9.05 Å². The summed E-state index contributed by atoms with van der Waals surface area (Å²) in [4.78, 5) is 0.0139. The van der Waals surface area contributed by atoms with E-state index >= 15 is 0 Å². The van der Waals surface area contributed by atoms with Crippen LogP contribution in [0.3, 0.4) is 0 Å². The zero-order valence-electron chi connectivity index (χ0n) is 9.47. The van der Waals surface area contributed by atoms with Crippen LogP contribution in [0.1, 0.15) is 26.0 Å². The van der Waals surface area contributed by atoms with Crippen molar-refractivity contribution >= 4 is 19.7 Å². The van der Waals surface area contributed by atoms with Gasteiger partial charge in [-0.1, -0.05) is 6.92 Å². The summed E-state index contributed by atoms with van der Waals surface area (Å²) in [6.45, 7) is 4.10. The molecule has 92 valence electrons. The maximum atomic E-state index is 11.2. The number of hydrogen-bond donors (Lipinski definition) is 0. The second kappa shape index (κ2) is 5.16. The Hall–Kier alpha value is -0.590. The molecule has 0 unspecified atom stereocenters. The largest absolute Gasteiger partial charge is 0.372 e. The molecule has 0 N–H and O–H groups in total. The van der Waals surface area contributed by atoms with Gasteiger partial charge in [0.25, 0.3) is 9.05 Å². The van der Waals surface area contributed by atoms with E-state index in [0.717, 1.165) is 6.42 Å². The predicted molar refractivity (Wildman–Crippen MR) is 60.8 cm³/mol. The van der Waals surface area contributed by atoms with Crippen LogP contribution >= 0.6 is 10.7 Å². The molecule has 0 aliphatic rings. The summed E-state index contributed by atoms with van der Waals surface area (Å²) in [7, 11) is 3.18. The summed E-state index contributed by atoms with van der Waals surface area (Å²) in [5.41, 5.74) is 0.468. The lowest BCUT2D eigenvalue weighted by Crippen LogP contribution is -2.10. The molecule has 16 heavy (non-hydrogen) atoms. The van der Waals surface area contributed by atoms with Crippen molar-refractivity contribution in [3.05, 3.63) is 11.9 Å². The molecule has 7 heteroatoms. The first kappa shape index (κ1) is 13.5. The average Bonchev–Trinajstić information content (AvgIpc) is 2.55. The molecule has 0 aliphatic carbocycles. The standard InChI is InChI=1S/C9H15ClN2O3S/c1-4-7(2)15-6-8-9(16(10,13)14)5-11-12(8)3/h5,7H,4,6H2,1-3H3/t7-/m0/s1. The Bertz CT molecular complexity index is 455. The van der Waals surface area contributed by atoms with Crippen LogP contribution in [0.4, 0.5) is 0 Å². The summed E-state index contributed by atoms with van der Waals surface area (Å²) >= 11 is 0. The summed E-state index contributed by atoms with van der Waals surface area (Å²) in [6.07, 6.45) is 2.17. The molecule has 0 aromatic carbocycles. The Morgan fingerprint density at radius 3 is 2.75 bits per heavy atom. The fourth-order valence-electron chi connectivity index (χ4n) is 1.15. The minimum Gasteiger partial charge on any atom is -0.372 e. The average molecular weight is 267 g/mol. The topological polar surface area (TPSA) is 61.2 Å². The van der Waals surface area contributed by atoms with Crippen molar-refractivity contribution in [2.24, 2.45) is 7.05 Å². The molecule has 0 saturated heterocycles. The van der Waals surface area contributed by atoms with E-state index in [1.807, 2.05) is 13.8 Å². The van der Waals surface area contributed by atoms with Crippen LogP contribution in [-0.4, -0.2) is 24.3 Å². The van der Waals surface area contributed by atoms with E-state index in [4.69, 9.17) is 15.4 Å². The van der Waals surface area contributed by atoms with Crippen molar-refractivity contribution in [2.75, 3.05) is 0 Å². The summed E-state index contributed by atoms with van der Waals surface area (Å²) in [5, 5.41) is 3.86. The normalized spacial score (nSPS) is 14.0. The van der Waals surface area contributed by atoms with Crippen molar-refractivity contribution in [1.29, 1.82) is 0 Å². The molecular weight excluding hydrogens is 252 g/mol. The third-order valence-electron chi connectivity index (χ3n) is 2.37. The highest BCUT2D eigenvalue weighted by atomic mass is 35.7. The fraction of sp³-hybridized carbons (Fsp3) is 0.667. The summed E-state index contributed by atoms with van der Waals surface area (Å²) < 4.78 is 29.4. The van der Waals surface area contributed by atoms with E-state index in [1.165, 1.54) is 10.9 Å². The quantitative estimate of drug-likeness (QED) is 0.761. The molecule has 0 aliphatic heterocycles. The fourth-order valence-corrected chi connectivity index (χ4v) is 2.18. The highest BCUT2D eigenvalue weighted by Gasteiger charge is 2.20. The van der Waals surface area contributed by atoms with Crippen LogP contribution in [0.2, 0.25) is 0 Å². The molecule has 0 fully saturated rings. The molecule has 1 atom stereocenters. The first-order valence-corrected chi connectivity index (χ1v) is 7.24. The van der Waals surface area contributed by atoms with Crippen molar-refractivity contribution in [3.63, 3.8) is 0 Å². The van der Waals surface area contributed by atoms with Crippen LogP contribution in [0.15, 0.2) is 11.1 Å². The zero-order valence-corrected chi connectivity index (χ0v) is 11.0. The molecule has 1 aromatic rings. The van der Waals surface area contributed by atoms with Gasteiger partial charge in [-0.15, -0.1) is 0 Å². The maximum Gasteiger partial charge on any atom is 0.264 e. The van der Waals surface area contributed by atoms with Gasteiger partial charge in [0.05, 0.1) is 24.6 Å². The van der Waals surface area contributed by atoms with Crippen molar-refractivity contribution < 1.29 is 13.2 Å². The van der Waals surface area contributed by atoms with Gasteiger partial charge in [-0.2, -0.15) is 5.10 Å². The number of aryl methyl sites for hydroxylation is 1. The lowest BCUT2D eigenvalue weighted by molar-refractivity contribution is 0.0458. The Labute approximate surface area is 99.8 Å². The van der Waals surface area contributed by atoms with Crippen molar-refractivity contribution in [1.82, 2.24) is 9.78 Å². The van der Waals surface area contributed by atoms with Gasteiger partial charge in [-0.25, -0.2) is 8.42 Å². The number of rotatable bonds is 5.